The smallest absolute Gasteiger partial charge is 0.253 e. The van der Waals surface area contributed by atoms with Crippen LogP contribution in [0.15, 0.2) is 0 Å². The lowest BCUT2D eigenvalue weighted by molar-refractivity contribution is 0.100. The number of rotatable bonds is 5. The topological polar surface area (TPSA) is 32.3 Å². The Hall–Kier alpha value is -0.220. The van der Waals surface area contributed by atoms with Gasteiger partial charge in [0, 0.05) is 6.61 Å². The van der Waals surface area contributed by atoms with Gasteiger partial charge in [-0.1, -0.05) is 6.42 Å². The lowest BCUT2D eigenvalue weighted by Crippen LogP contribution is -2.37. The van der Waals surface area contributed by atoms with Crippen LogP contribution in [0.1, 0.15) is 26.2 Å². The van der Waals surface area contributed by atoms with Gasteiger partial charge in [0.2, 0.25) is 0 Å². The van der Waals surface area contributed by atoms with Gasteiger partial charge in [-0.05, 0) is 38.1 Å². The lowest BCUT2D eigenvalue weighted by Gasteiger charge is -2.20. The van der Waals surface area contributed by atoms with Crippen molar-refractivity contribution in [1.82, 2.24) is 5.32 Å². The van der Waals surface area contributed by atoms with Gasteiger partial charge in [0.1, 0.15) is 0 Å². The molecular weight excluding hydrogens is 188 g/mol. The maximum Gasteiger partial charge on any atom is 0.253 e. The summed E-state index contributed by atoms with van der Waals surface area (Å²) in [5, 5.41) is 11.9. The first kappa shape index (κ1) is 11.9. The van der Waals surface area contributed by atoms with Crippen LogP contribution in [0.3, 0.4) is 0 Å². The minimum Gasteiger partial charge on any atom is -0.396 e. The molecule has 84 valence electrons. The largest absolute Gasteiger partial charge is 0.396 e. The Bertz CT molecular complexity index is 166. The van der Waals surface area contributed by atoms with Crippen molar-refractivity contribution in [3.63, 3.8) is 0 Å². The summed E-state index contributed by atoms with van der Waals surface area (Å²) in [5.74, 6) is 0.688. The summed E-state index contributed by atoms with van der Waals surface area (Å²) < 4.78 is 24.3. The summed E-state index contributed by atoms with van der Waals surface area (Å²) >= 11 is 0. The molecule has 0 bridgehead atoms. The quantitative estimate of drug-likeness (QED) is 0.718. The maximum absolute atomic E-state index is 12.2. The van der Waals surface area contributed by atoms with Gasteiger partial charge in [0.15, 0.2) is 0 Å². The third-order valence-corrected chi connectivity index (χ3v) is 3.13. The van der Waals surface area contributed by atoms with Crippen molar-refractivity contribution < 1.29 is 13.9 Å². The second-order valence-electron chi connectivity index (χ2n) is 4.17. The fraction of sp³-hybridized carbons (Fsp3) is 1.00. The Balaban J connectivity index is 2.23. The van der Waals surface area contributed by atoms with Gasteiger partial charge < -0.3 is 10.4 Å². The molecule has 1 aliphatic rings. The number of hydrogen-bond acceptors (Lipinski definition) is 2. The van der Waals surface area contributed by atoms with E-state index in [1.54, 1.807) is 0 Å². The van der Waals surface area contributed by atoms with Gasteiger partial charge in [0.05, 0.1) is 6.04 Å². The van der Waals surface area contributed by atoms with Crippen LogP contribution in [-0.2, 0) is 0 Å². The highest BCUT2D eigenvalue weighted by Crippen LogP contribution is 2.30. The van der Waals surface area contributed by atoms with Crippen molar-refractivity contribution in [2.24, 2.45) is 11.8 Å². The van der Waals surface area contributed by atoms with Crippen molar-refractivity contribution in [3.05, 3.63) is 0 Å². The van der Waals surface area contributed by atoms with Crippen LogP contribution < -0.4 is 5.32 Å². The van der Waals surface area contributed by atoms with Gasteiger partial charge in [-0.15, -0.1) is 0 Å². The second kappa shape index (κ2) is 5.61. The van der Waals surface area contributed by atoms with E-state index in [9.17, 15) is 8.78 Å². The van der Waals surface area contributed by atoms with Crippen molar-refractivity contribution in [3.8, 4) is 0 Å². The molecule has 0 saturated heterocycles. The van der Waals surface area contributed by atoms with Crippen molar-refractivity contribution in [2.75, 3.05) is 13.2 Å². The molecule has 1 saturated carbocycles. The Morgan fingerprint density at radius 2 is 2.00 bits per heavy atom. The molecule has 0 heterocycles. The highest BCUT2D eigenvalue weighted by Gasteiger charge is 2.27. The van der Waals surface area contributed by atoms with Gasteiger partial charge >= 0.3 is 0 Å². The summed E-state index contributed by atoms with van der Waals surface area (Å²) in [6.07, 6.45) is 0.893. The average Bonchev–Trinajstić information content (AvgIpc) is 2.60. The molecule has 0 aliphatic heterocycles. The Morgan fingerprint density at radius 1 is 1.36 bits per heavy atom. The van der Waals surface area contributed by atoms with E-state index < -0.39 is 12.5 Å². The predicted octanol–water partition coefficient (Wildman–Crippen LogP) is 1.64. The molecule has 3 unspecified atom stereocenters. The van der Waals surface area contributed by atoms with E-state index in [4.69, 9.17) is 5.11 Å². The molecule has 4 heteroatoms. The third kappa shape index (κ3) is 3.17. The van der Waals surface area contributed by atoms with Crippen LogP contribution in [0.25, 0.3) is 0 Å². The van der Waals surface area contributed by atoms with E-state index in [-0.39, 0.29) is 6.61 Å². The highest BCUT2D eigenvalue weighted by molar-refractivity contribution is 4.79. The first-order chi connectivity index (χ1) is 6.65. The Labute approximate surface area is 83.7 Å². The molecule has 0 spiro atoms. The molecule has 3 atom stereocenters. The van der Waals surface area contributed by atoms with Crippen LogP contribution in [-0.4, -0.2) is 30.7 Å². The summed E-state index contributed by atoms with van der Waals surface area (Å²) in [4.78, 5) is 0. The first-order valence-corrected chi connectivity index (χ1v) is 5.27. The molecule has 1 rings (SSSR count). The molecular formula is C10H19F2NO. The highest BCUT2D eigenvalue weighted by atomic mass is 19.3. The number of hydrogen-bond donors (Lipinski definition) is 2. The van der Waals surface area contributed by atoms with E-state index in [0.717, 1.165) is 19.3 Å². The van der Waals surface area contributed by atoms with E-state index >= 15 is 0 Å². The fourth-order valence-corrected chi connectivity index (χ4v) is 2.05. The number of aliphatic hydroxyl groups is 1. The zero-order valence-electron chi connectivity index (χ0n) is 8.55. The molecule has 14 heavy (non-hydrogen) atoms. The zero-order valence-corrected chi connectivity index (χ0v) is 8.55. The van der Waals surface area contributed by atoms with Gasteiger partial charge in [-0.2, -0.15) is 0 Å². The molecule has 0 aromatic heterocycles. The molecule has 0 radical (unpaired) electrons. The van der Waals surface area contributed by atoms with Crippen LogP contribution in [0.4, 0.5) is 8.78 Å². The molecule has 0 aromatic carbocycles. The number of aliphatic hydroxyl groups excluding tert-OH is 1. The monoisotopic (exact) mass is 207 g/mol. The van der Waals surface area contributed by atoms with Crippen LogP contribution >= 0.6 is 0 Å². The average molecular weight is 207 g/mol. The summed E-state index contributed by atoms with van der Waals surface area (Å²) in [7, 11) is 0. The predicted molar refractivity (Wildman–Crippen MR) is 51.4 cm³/mol. The van der Waals surface area contributed by atoms with Crippen LogP contribution in [0.2, 0.25) is 0 Å². The lowest BCUT2D eigenvalue weighted by atomic mass is 9.97. The summed E-state index contributed by atoms with van der Waals surface area (Å²) in [5.41, 5.74) is 0. The molecule has 1 fully saturated rings. The van der Waals surface area contributed by atoms with Crippen molar-refractivity contribution in [1.29, 1.82) is 0 Å². The standard InChI is InChI=1S/C10H19F2NO/c1-7(10(11)12)13-5-8-3-2-4-9(8)6-14/h7-10,13-14H,2-6H2,1H3. The molecule has 2 N–H and O–H groups in total. The Kier molecular flexibility index (Phi) is 4.75. The molecule has 2 nitrogen and oxygen atoms in total. The van der Waals surface area contributed by atoms with Gasteiger partial charge in [-0.3, -0.25) is 0 Å². The van der Waals surface area contributed by atoms with E-state index in [2.05, 4.69) is 5.32 Å². The number of nitrogens with one attached hydrogen (secondary N) is 1. The van der Waals surface area contributed by atoms with Crippen molar-refractivity contribution >= 4 is 0 Å². The number of halogens is 2. The van der Waals surface area contributed by atoms with Gasteiger partial charge in [0.25, 0.3) is 6.43 Å². The van der Waals surface area contributed by atoms with Crippen LogP contribution in [0, 0.1) is 11.8 Å². The minimum absolute atomic E-state index is 0.190. The fourth-order valence-electron chi connectivity index (χ4n) is 2.05. The molecule has 0 aromatic rings. The second-order valence-corrected chi connectivity index (χ2v) is 4.17. The minimum atomic E-state index is -2.30. The number of alkyl halides is 2. The zero-order chi connectivity index (χ0) is 10.6. The summed E-state index contributed by atoms with van der Waals surface area (Å²) in [6, 6.07) is -0.741. The molecule has 0 amide bonds. The maximum atomic E-state index is 12.2. The van der Waals surface area contributed by atoms with Gasteiger partial charge in [-0.25, -0.2) is 8.78 Å². The van der Waals surface area contributed by atoms with E-state index in [1.165, 1.54) is 6.92 Å². The normalized spacial score (nSPS) is 29.8. The third-order valence-electron chi connectivity index (χ3n) is 3.13. The first-order valence-electron chi connectivity index (χ1n) is 5.27. The van der Waals surface area contributed by atoms with Crippen LogP contribution in [0.5, 0.6) is 0 Å². The Morgan fingerprint density at radius 3 is 2.57 bits per heavy atom. The van der Waals surface area contributed by atoms with E-state index in [1.807, 2.05) is 0 Å². The summed E-state index contributed by atoms with van der Waals surface area (Å²) in [6.45, 7) is 2.29. The SMILES string of the molecule is CC(NCC1CCCC1CO)C(F)F. The van der Waals surface area contributed by atoms with Crippen molar-refractivity contribution in [2.45, 2.75) is 38.7 Å². The molecule has 1 aliphatic carbocycles. The van der Waals surface area contributed by atoms with E-state index in [0.29, 0.717) is 18.4 Å².